The highest BCUT2D eigenvalue weighted by molar-refractivity contribution is 5.79. The fourth-order valence-corrected chi connectivity index (χ4v) is 2.48. The Kier molecular flexibility index (Phi) is 2.13. The predicted octanol–water partition coefficient (Wildman–Crippen LogP) is 2.91. The molecule has 1 aromatic carbocycles. The Hall–Kier alpha value is -1.51. The maximum absolute atomic E-state index is 5.80. The first-order chi connectivity index (χ1) is 7.79. The van der Waals surface area contributed by atoms with Gasteiger partial charge in [-0.2, -0.15) is 0 Å². The van der Waals surface area contributed by atoms with Gasteiger partial charge in [0.2, 0.25) is 0 Å². The van der Waals surface area contributed by atoms with Crippen molar-refractivity contribution in [1.29, 1.82) is 0 Å². The molecule has 0 unspecified atom stereocenters. The summed E-state index contributed by atoms with van der Waals surface area (Å²) in [6.07, 6.45) is 3.93. The van der Waals surface area contributed by atoms with E-state index in [0.717, 1.165) is 17.7 Å². The number of nitrogens with two attached hydrogens (primary N) is 1. The van der Waals surface area contributed by atoms with Crippen LogP contribution in [0, 0.1) is 0 Å². The largest absolute Gasteiger partial charge is 0.399 e. The summed E-state index contributed by atoms with van der Waals surface area (Å²) in [5, 5.41) is 0. The summed E-state index contributed by atoms with van der Waals surface area (Å²) in [6.45, 7) is 3.17. The van der Waals surface area contributed by atoms with Gasteiger partial charge in [0, 0.05) is 18.2 Å². The molecule has 3 rings (SSSR count). The zero-order valence-corrected chi connectivity index (χ0v) is 9.61. The molecule has 1 fully saturated rings. The average molecular weight is 215 g/mol. The third kappa shape index (κ3) is 1.31. The van der Waals surface area contributed by atoms with Gasteiger partial charge in [0.1, 0.15) is 5.82 Å². The zero-order valence-electron chi connectivity index (χ0n) is 9.61. The normalized spacial score (nSPS) is 16.6. The molecule has 1 heterocycles. The first kappa shape index (κ1) is 9.70. The lowest BCUT2D eigenvalue weighted by atomic mass is 9.85. The second kappa shape index (κ2) is 3.51. The number of hydrogen-bond acceptors (Lipinski definition) is 2. The van der Waals surface area contributed by atoms with E-state index >= 15 is 0 Å². The van der Waals surface area contributed by atoms with Crippen LogP contribution >= 0.6 is 0 Å². The summed E-state index contributed by atoms with van der Waals surface area (Å²) in [4.78, 5) is 4.75. The molecule has 0 aliphatic heterocycles. The maximum atomic E-state index is 5.80. The Morgan fingerprint density at radius 1 is 1.44 bits per heavy atom. The van der Waals surface area contributed by atoms with E-state index in [2.05, 4.69) is 17.6 Å². The molecule has 0 bridgehead atoms. The highest BCUT2D eigenvalue weighted by Gasteiger charge is 2.25. The van der Waals surface area contributed by atoms with Crippen LogP contribution in [0.3, 0.4) is 0 Å². The number of nitrogens with zero attached hydrogens (tertiary/aromatic N) is 2. The van der Waals surface area contributed by atoms with Crippen LogP contribution in [0.25, 0.3) is 11.0 Å². The molecule has 0 atom stereocenters. The minimum Gasteiger partial charge on any atom is -0.399 e. The van der Waals surface area contributed by atoms with Crippen LogP contribution in [0.1, 0.15) is 37.9 Å². The molecule has 1 saturated carbocycles. The van der Waals surface area contributed by atoms with Crippen LogP contribution in [-0.2, 0) is 6.54 Å². The molecule has 3 heteroatoms. The van der Waals surface area contributed by atoms with Crippen molar-refractivity contribution in [3.63, 3.8) is 0 Å². The minimum atomic E-state index is 0.675. The summed E-state index contributed by atoms with van der Waals surface area (Å²) in [5.41, 5.74) is 8.86. The Balaban J connectivity index is 2.19. The van der Waals surface area contributed by atoms with Crippen LogP contribution < -0.4 is 5.73 Å². The molecule has 3 nitrogen and oxygen atoms in total. The maximum Gasteiger partial charge on any atom is 0.112 e. The molecular formula is C13H17N3. The van der Waals surface area contributed by atoms with E-state index in [1.807, 2.05) is 12.1 Å². The second-order valence-corrected chi connectivity index (χ2v) is 4.59. The first-order valence-corrected chi connectivity index (χ1v) is 6.05. The van der Waals surface area contributed by atoms with E-state index in [1.54, 1.807) is 0 Å². The Labute approximate surface area is 95.3 Å². The second-order valence-electron chi connectivity index (χ2n) is 4.59. The molecule has 84 valence electrons. The van der Waals surface area contributed by atoms with Crippen molar-refractivity contribution < 1.29 is 0 Å². The number of fused-ring (bicyclic) bond motifs is 1. The molecular weight excluding hydrogens is 198 g/mol. The van der Waals surface area contributed by atoms with Crippen LogP contribution in [0.4, 0.5) is 5.69 Å². The first-order valence-electron chi connectivity index (χ1n) is 6.05. The van der Waals surface area contributed by atoms with Crippen LogP contribution in [0.15, 0.2) is 18.2 Å². The molecule has 0 spiro atoms. The number of rotatable bonds is 2. The Morgan fingerprint density at radius 2 is 2.25 bits per heavy atom. The van der Waals surface area contributed by atoms with Crippen molar-refractivity contribution in [3.8, 4) is 0 Å². The van der Waals surface area contributed by atoms with Gasteiger partial charge in [-0.1, -0.05) is 6.42 Å². The standard InChI is InChI=1S/C13H17N3/c1-2-16-12-7-6-10(14)8-11(12)15-13(16)9-4-3-5-9/h6-9H,2-5,14H2,1H3. The number of hydrogen-bond donors (Lipinski definition) is 1. The number of benzene rings is 1. The number of aryl methyl sites for hydroxylation is 1. The van der Waals surface area contributed by atoms with Gasteiger partial charge in [-0.15, -0.1) is 0 Å². The monoisotopic (exact) mass is 215 g/mol. The van der Waals surface area contributed by atoms with Crippen LogP contribution in [0.5, 0.6) is 0 Å². The van der Waals surface area contributed by atoms with Crippen molar-refractivity contribution >= 4 is 16.7 Å². The van der Waals surface area contributed by atoms with E-state index in [-0.39, 0.29) is 0 Å². The number of anilines is 1. The lowest BCUT2D eigenvalue weighted by Gasteiger charge is -2.25. The van der Waals surface area contributed by atoms with Crippen molar-refractivity contribution in [3.05, 3.63) is 24.0 Å². The van der Waals surface area contributed by atoms with Gasteiger partial charge in [0.05, 0.1) is 11.0 Å². The lowest BCUT2D eigenvalue weighted by Crippen LogP contribution is -2.14. The molecule has 1 aromatic heterocycles. The number of nitrogen functional groups attached to an aromatic ring is 1. The van der Waals surface area contributed by atoms with Crippen molar-refractivity contribution in [1.82, 2.24) is 9.55 Å². The van der Waals surface area contributed by atoms with Gasteiger partial charge in [0.15, 0.2) is 0 Å². The van der Waals surface area contributed by atoms with Gasteiger partial charge >= 0.3 is 0 Å². The van der Waals surface area contributed by atoms with Gasteiger partial charge in [0.25, 0.3) is 0 Å². The average Bonchev–Trinajstić information content (AvgIpc) is 2.52. The Morgan fingerprint density at radius 3 is 2.88 bits per heavy atom. The third-order valence-electron chi connectivity index (χ3n) is 3.59. The van der Waals surface area contributed by atoms with E-state index in [4.69, 9.17) is 10.7 Å². The molecule has 2 aromatic rings. The fourth-order valence-electron chi connectivity index (χ4n) is 2.48. The van der Waals surface area contributed by atoms with Crippen molar-refractivity contribution in [2.45, 2.75) is 38.6 Å². The Bertz CT molecular complexity index is 523. The van der Waals surface area contributed by atoms with Crippen molar-refractivity contribution in [2.24, 2.45) is 0 Å². The molecule has 0 amide bonds. The predicted molar refractivity (Wildman–Crippen MR) is 66.4 cm³/mol. The topological polar surface area (TPSA) is 43.8 Å². The van der Waals surface area contributed by atoms with Gasteiger partial charge in [-0.25, -0.2) is 4.98 Å². The minimum absolute atomic E-state index is 0.675. The van der Waals surface area contributed by atoms with E-state index in [9.17, 15) is 0 Å². The summed E-state index contributed by atoms with van der Waals surface area (Å²) in [7, 11) is 0. The smallest absolute Gasteiger partial charge is 0.112 e. The molecule has 0 radical (unpaired) electrons. The SMILES string of the molecule is CCn1c(C2CCC2)nc2cc(N)ccc21. The highest BCUT2D eigenvalue weighted by Crippen LogP contribution is 2.37. The van der Waals surface area contributed by atoms with Crippen LogP contribution in [0.2, 0.25) is 0 Å². The van der Waals surface area contributed by atoms with Crippen molar-refractivity contribution in [2.75, 3.05) is 5.73 Å². The zero-order chi connectivity index (χ0) is 11.1. The third-order valence-corrected chi connectivity index (χ3v) is 3.59. The summed E-state index contributed by atoms with van der Waals surface area (Å²) in [5.74, 6) is 1.93. The number of aromatic nitrogens is 2. The van der Waals surface area contributed by atoms with Crippen LogP contribution in [-0.4, -0.2) is 9.55 Å². The van der Waals surface area contributed by atoms with E-state index < -0.39 is 0 Å². The lowest BCUT2D eigenvalue weighted by molar-refractivity contribution is 0.390. The molecule has 1 aliphatic rings. The summed E-state index contributed by atoms with van der Waals surface area (Å²) < 4.78 is 2.33. The quantitative estimate of drug-likeness (QED) is 0.783. The summed E-state index contributed by atoms with van der Waals surface area (Å²) >= 11 is 0. The molecule has 1 aliphatic carbocycles. The highest BCUT2D eigenvalue weighted by atomic mass is 15.1. The molecule has 0 saturated heterocycles. The van der Waals surface area contributed by atoms with Gasteiger partial charge in [-0.3, -0.25) is 0 Å². The molecule has 16 heavy (non-hydrogen) atoms. The summed E-state index contributed by atoms with van der Waals surface area (Å²) in [6, 6.07) is 6.02. The number of imidazole rings is 1. The fraction of sp³-hybridized carbons (Fsp3) is 0.462. The van der Waals surface area contributed by atoms with Gasteiger partial charge < -0.3 is 10.3 Å². The van der Waals surface area contributed by atoms with E-state index in [0.29, 0.717) is 5.92 Å². The van der Waals surface area contributed by atoms with Gasteiger partial charge in [-0.05, 0) is 38.0 Å². The van der Waals surface area contributed by atoms with E-state index in [1.165, 1.54) is 30.6 Å². The molecule has 2 N–H and O–H groups in total.